The molecule has 12 heteroatoms. The van der Waals surface area contributed by atoms with Crippen molar-refractivity contribution in [2.75, 3.05) is 0 Å². The van der Waals surface area contributed by atoms with Crippen molar-refractivity contribution in [2.24, 2.45) is 0 Å². The molecule has 0 unspecified atom stereocenters. The molecule has 0 aliphatic heterocycles. The van der Waals surface area contributed by atoms with Gasteiger partial charge in [-0.15, -0.1) is 0 Å². The van der Waals surface area contributed by atoms with Crippen LogP contribution in [-0.4, -0.2) is 48.2 Å². The van der Waals surface area contributed by atoms with E-state index in [-0.39, 0.29) is 0 Å². The first-order valence-corrected chi connectivity index (χ1v) is 42.4. The van der Waals surface area contributed by atoms with Crippen LogP contribution in [0.2, 0.25) is 0 Å². The molecule has 0 aliphatic carbocycles. The summed E-state index contributed by atoms with van der Waals surface area (Å²) < 4.78 is 23.7. The summed E-state index contributed by atoms with van der Waals surface area (Å²) in [5.41, 5.74) is 26.1. The Bertz CT molecular complexity index is 8800. The van der Waals surface area contributed by atoms with E-state index in [9.17, 15) is 0 Å². The molecule has 0 atom stereocenters. The molecule has 0 aliphatic rings. The minimum atomic E-state index is 0.513. The van der Waals surface area contributed by atoms with E-state index < -0.39 is 0 Å². The van der Waals surface area contributed by atoms with Gasteiger partial charge in [0, 0.05) is 98.3 Å². The summed E-state index contributed by atoms with van der Waals surface area (Å²) in [6, 6.07) is 149. The van der Waals surface area contributed by atoms with Crippen molar-refractivity contribution in [1.29, 1.82) is 0 Å². The highest BCUT2D eigenvalue weighted by atomic mass is 16.3. The van der Waals surface area contributed by atoms with Crippen molar-refractivity contribution in [3.05, 3.63) is 425 Å². The van der Waals surface area contributed by atoms with E-state index >= 15 is 0 Å². The average molecular weight is 1610 g/mol. The molecule has 12 nitrogen and oxygen atoms in total. The molecule has 0 N–H and O–H groups in total. The van der Waals surface area contributed by atoms with Gasteiger partial charge in [0.25, 0.3) is 0 Å². The molecule has 18 aromatic carbocycles. The molecule has 588 valence electrons. The summed E-state index contributed by atoms with van der Waals surface area (Å²) in [4.78, 5) is 31.6. The van der Waals surface area contributed by atoms with Crippen molar-refractivity contribution in [1.82, 2.24) is 48.2 Å². The van der Waals surface area contributed by atoms with Crippen molar-refractivity contribution in [3.63, 3.8) is 0 Å². The summed E-state index contributed by atoms with van der Waals surface area (Å²) >= 11 is 0. The third-order valence-electron chi connectivity index (χ3n) is 24.8. The summed E-state index contributed by atoms with van der Waals surface area (Å²) in [7, 11) is 0. The number of aromatic nitrogens is 10. The van der Waals surface area contributed by atoms with E-state index in [1.807, 2.05) is 66.7 Å². The van der Waals surface area contributed by atoms with Crippen molar-refractivity contribution < 1.29 is 8.83 Å². The second-order valence-electron chi connectivity index (χ2n) is 31.9. The number of para-hydroxylation sites is 4. The molecule has 0 radical (unpaired) electrons. The Morgan fingerprint density at radius 3 is 0.810 bits per heavy atom. The van der Waals surface area contributed by atoms with Gasteiger partial charge in [-0.1, -0.05) is 346 Å². The minimum Gasteiger partial charge on any atom is -0.452 e. The minimum absolute atomic E-state index is 0.513. The van der Waals surface area contributed by atoms with Crippen LogP contribution < -0.4 is 0 Å². The summed E-state index contributed by atoms with van der Waals surface area (Å²) in [5.74, 6) is 3.38. The molecule has 8 aromatic heterocycles. The van der Waals surface area contributed by atoms with Crippen LogP contribution in [0, 0.1) is 0 Å². The molecule has 126 heavy (non-hydrogen) atoms. The Hall–Kier alpha value is -17.2. The van der Waals surface area contributed by atoms with E-state index in [0.29, 0.717) is 35.2 Å². The maximum atomic E-state index is 7.35. The number of hydrogen-bond donors (Lipinski definition) is 0. The Labute approximate surface area is 721 Å². The van der Waals surface area contributed by atoms with Crippen molar-refractivity contribution in [3.8, 4) is 113 Å². The maximum Gasteiger partial charge on any atom is 0.238 e. The van der Waals surface area contributed by atoms with Gasteiger partial charge in [0.1, 0.15) is 11.0 Å². The Morgan fingerprint density at radius 2 is 0.421 bits per heavy atom. The molecule has 0 saturated heterocycles. The van der Waals surface area contributed by atoms with Gasteiger partial charge in [-0.2, -0.15) is 19.9 Å². The van der Waals surface area contributed by atoms with Crippen molar-refractivity contribution >= 4 is 131 Å². The van der Waals surface area contributed by atoms with Crippen molar-refractivity contribution in [2.45, 2.75) is 0 Å². The predicted octanol–water partition coefficient (Wildman–Crippen LogP) is 29.3. The van der Waals surface area contributed by atoms with Gasteiger partial charge in [0.15, 0.2) is 45.6 Å². The smallest absolute Gasteiger partial charge is 0.238 e. The molecule has 26 rings (SSSR count). The number of hydrogen-bond acceptors (Lipinski definition) is 8. The van der Waals surface area contributed by atoms with E-state index in [2.05, 4.69) is 376 Å². The van der Waals surface area contributed by atoms with E-state index in [1.165, 1.54) is 33.0 Å². The third kappa shape index (κ3) is 11.7. The van der Waals surface area contributed by atoms with Gasteiger partial charge < -0.3 is 18.0 Å². The third-order valence-corrected chi connectivity index (χ3v) is 24.8. The highest BCUT2D eigenvalue weighted by Gasteiger charge is 2.29. The number of nitrogens with zero attached hydrogens (tertiary/aromatic N) is 10. The lowest BCUT2D eigenvalue weighted by Crippen LogP contribution is -2.07. The Morgan fingerprint density at radius 1 is 0.159 bits per heavy atom. The maximum absolute atomic E-state index is 7.35. The summed E-state index contributed by atoms with van der Waals surface area (Å²) in [5, 5.41) is 13.0. The molecule has 26 aromatic rings. The summed E-state index contributed by atoms with van der Waals surface area (Å²) in [6.45, 7) is 0. The molecular formula is C114H70N10O2. The fourth-order valence-corrected chi connectivity index (χ4v) is 19.0. The predicted molar refractivity (Wildman–Crippen MR) is 515 cm³/mol. The van der Waals surface area contributed by atoms with Crippen LogP contribution >= 0.6 is 0 Å². The van der Waals surface area contributed by atoms with Crippen LogP contribution in [0.4, 0.5) is 0 Å². The second kappa shape index (κ2) is 29.3. The van der Waals surface area contributed by atoms with Crippen LogP contribution in [0.15, 0.2) is 433 Å². The van der Waals surface area contributed by atoms with Crippen LogP contribution in [0.1, 0.15) is 0 Å². The fourth-order valence-electron chi connectivity index (χ4n) is 19.0. The SMILES string of the molecule is c1ccc(-c2ccc(-n3c4ccccc4c4ccc5c6ccc7c8ccccc8n(-c8nc(-c9ccccc9)nc(-c9cccc(-c%10ccccc%10)c9)n8)c7c6oc5c43)cc2)cc1.c1ccc(-c2ccc(-n3c4ccccc4c4ccc5c6ccc7c8ccccc8n(-c8nc(-c9ccccc9)nc(-c9ccccc9-c9ccccc9)n8)c7c6oc5c43)cc2)cc1. The first-order chi connectivity index (χ1) is 62.5. The fraction of sp³-hybridized carbons (Fsp3) is 0. The van der Waals surface area contributed by atoms with E-state index in [4.69, 9.17) is 38.7 Å². The lowest BCUT2D eigenvalue weighted by Gasteiger charge is -2.13. The van der Waals surface area contributed by atoms with Gasteiger partial charge in [-0.25, -0.2) is 9.97 Å². The highest BCUT2D eigenvalue weighted by molar-refractivity contribution is 6.28. The quantitative estimate of drug-likeness (QED) is 0.118. The summed E-state index contributed by atoms with van der Waals surface area (Å²) in [6.07, 6.45) is 0. The monoisotopic (exact) mass is 1610 g/mol. The molecule has 0 amide bonds. The molecule has 8 heterocycles. The lowest BCUT2D eigenvalue weighted by molar-refractivity contribution is 0.672. The first-order valence-electron chi connectivity index (χ1n) is 42.4. The van der Waals surface area contributed by atoms with Crippen LogP contribution in [0.25, 0.3) is 244 Å². The number of furan rings is 2. The van der Waals surface area contributed by atoms with Gasteiger partial charge in [-0.05, 0) is 123 Å². The largest absolute Gasteiger partial charge is 0.452 e. The van der Waals surface area contributed by atoms with Gasteiger partial charge >= 0.3 is 0 Å². The molecule has 0 fully saturated rings. The van der Waals surface area contributed by atoms with Crippen LogP contribution in [0.3, 0.4) is 0 Å². The average Bonchev–Trinajstić information content (AvgIpc) is 1.54. The van der Waals surface area contributed by atoms with E-state index in [0.717, 1.165) is 176 Å². The van der Waals surface area contributed by atoms with Crippen LogP contribution in [-0.2, 0) is 0 Å². The normalized spacial score (nSPS) is 11.8. The highest BCUT2D eigenvalue weighted by Crippen LogP contribution is 2.48. The first kappa shape index (κ1) is 71.7. The van der Waals surface area contributed by atoms with Gasteiger partial charge in [-0.3, -0.25) is 9.13 Å². The van der Waals surface area contributed by atoms with Gasteiger partial charge in [0.2, 0.25) is 11.9 Å². The Kier molecular flexibility index (Phi) is 16.7. The zero-order valence-corrected chi connectivity index (χ0v) is 67.7. The zero-order valence-electron chi connectivity index (χ0n) is 67.7. The Balaban J connectivity index is 0.000000137. The standard InChI is InChI=1S/2C57H35N5O/c1-4-15-36(16-5-1)38-27-29-42(30-28-38)61-49-25-12-10-23-43(49)45-31-33-47-48-34-32-46-44-24-11-13-26-50(44)62(52(46)54(48)63-53(47)51(45)61)57-59-55(39-19-8-3-9-20-39)58-56(60-57)41-22-14-21-40(35-41)37-17-6-2-7-18-37;1-4-16-36(17-5-1)37-28-30-40(31-29-37)61-49-26-14-12-23-42(49)44-32-34-46-47-35-33-45-43-24-13-15-27-50(43)62(52(45)54(47)63-53(46)51(44)61)57-59-55(39-20-8-3-9-21-39)58-56(60-57)48-25-11-10-22-41(48)38-18-6-2-7-19-38/h2*1-35H. The lowest BCUT2D eigenvalue weighted by atomic mass is 9.99. The van der Waals surface area contributed by atoms with E-state index in [1.54, 1.807) is 0 Å². The van der Waals surface area contributed by atoms with Crippen LogP contribution in [0.5, 0.6) is 0 Å². The molecule has 0 saturated carbocycles. The molecular weight excluding hydrogens is 1540 g/mol. The number of benzene rings is 18. The second-order valence-corrected chi connectivity index (χ2v) is 31.9. The topological polar surface area (TPSA) is 123 Å². The zero-order chi connectivity index (χ0) is 82.9. The molecule has 0 bridgehead atoms. The van der Waals surface area contributed by atoms with Gasteiger partial charge in [0.05, 0.1) is 33.1 Å². The number of rotatable bonds is 12. The molecule has 0 spiro atoms. The number of fused-ring (bicyclic) bond motifs is 22.